The number of alkyl halides is 5. The Balaban J connectivity index is 1.57. The maximum atomic E-state index is 14.1. The Morgan fingerprint density at radius 2 is 1.92 bits per heavy atom. The van der Waals surface area contributed by atoms with Crippen molar-refractivity contribution >= 4 is 40.3 Å². The predicted octanol–water partition coefficient (Wildman–Crippen LogP) is 5.99. The molecule has 2 heterocycles. The Hall–Kier alpha value is -3.22. The number of H-pyrrole nitrogens is 1. The number of aromatic nitrogens is 3. The number of hydrogen-bond donors (Lipinski definition) is 3. The average molecular weight is 536 g/mol. The molecule has 1 aromatic carbocycles. The molecule has 1 fully saturated rings. The Bertz CT molecular complexity index is 1220. The van der Waals surface area contributed by atoms with Gasteiger partial charge in [-0.15, -0.1) is 0 Å². The lowest BCUT2D eigenvalue weighted by Crippen LogP contribution is -2.40. The lowest BCUT2D eigenvalue weighted by molar-refractivity contribution is -0.182. The van der Waals surface area contributed by atoms with Crippen LogP contribution in [0.4, 0.5) is 38.0 Å². The number of carbonyl (C=O) groups is 1. The number of rotatable bonds is 7. The number of benzene rings is 1. The van der Waals surface area contributed by atoms with Crippen LogP contribution in [-0.2, 0) is 0 Å². The molecule has 1 aliphatic rings. The lowest BCUT2D eigenvalue weighted by atomic mass is 9.85. The van der Waals surface area contributed by atoms with Gasteiger partial charge in [0.15, 0.2) is 12.3 Å². The summed E-state index contributed by atoms with van der Waals surface area (Å²) in [5.41, 5.74) is -0.100. The number of halogens is 7. The van der Waals surface area contributed by atoms with E-state index in [9.17, 15) is 31.1 Å². The third-order valence-corrected chi connectivity index (χ3v) is 6.08. The molecule has 194 valence electrons. The minimum Gasteiger partial charge on any atom is -0.471 e. The second kappa shape index (κ2) is 10.4. The van der Waals surface area contributed by atoms with Gasteiger partial charge in [0.1, 0.15) is 11.4 Å². The van der Waals surface area contributed by atoms with Gasteiger partial charge in [-0.05, 0) is 43.9 Å². The van der Waals surface area contributed by atoms with Gasteiger partial charge in [-0.2, -0.15) is 23.1 Å². The number of amides is 1. The van der Waals surface area contributed by atoms with Crippen LogP contribution in [0.1, 0.15) is 36.0 Å². The van der Waals surface area contributed by atoms with Crippen molar-refractivity contribution in [2.75, 3.05) is 11.9 Å². The third kappa shape index (κ3) is 5.94. The van der Waals surface area contributed by atoms with Gasteiger partial charge in [-0.1, -0.05) is 17.7 Å². The van der Waals surface area contributed by atoms with E-state index >= 15 is 0 Å². The topological polar surface area (TPSA) is 91.9 Å². The first kappa shape index (κ1) is 25.9. The number of nitrogens with zero attached hydrogens (tertiary/aromatic N) is 2. The number of fused-ring (bicyclic) bond motifs is 1. The Labute approximate surface area is 205 Å². The number of pyridine rings is 1. The number of hydrogen-bond acceptors (Lipinski definition) is 5. The maximum absolute atomic E-state index is 14.1. The van der Waals surface area contributed by atoms with E-state index in [4.69, 9.17) is 16.3 Å². The second-order valence-electron chi connectivity index (χ2n) is 8.29. The molecule has 0 radical (unpaired) electrons. The van der Waals surface area contributed by atoms with Crippen molar-refractivity contribution in [1.82, 2.24) is 20.3 Å². The molecule has 36 heavy (non-hydrogen) atoms. The molecule has 0 spiro atoms. The number of para-hydroxylation sites is 1. The van der Waals surface area contributed by atoms with Crippen molar-refractivity contribution in [3.05, 3.63) is 40.7 Å². The quantitative estimate of drug-likeness (QED) is 0.323. The van der Waals surface area contributed by atoms with E-state index in [1.54, 1.807) is 0 Å². The van der Waals surface area contributed by atoms with Crippen molar-refractivity contribution in [3.63, 3.8) is 0 Å². The van der Waals surface area contributed by atoms with Crippen LogP contribution in [0.25, 0.3) is 11.2 Å². The average Bonchev–Trinajstić information content (AvgIpc) is 3.20. The maximum Gasteiger partial charge on any atom is 0.391 e. The molecule has 0 bridgehead atoms. The first-order valence-corrected chi connectivity index (χ1v) is 11.3. The van der Waals surface area contributed by atoms with E-state index in [-0.39, 0.29) is 59.1 Å². The zero-order valence-corrected chi connectivity index (χ0v) is 19.2. The first-order chi connectivity index (χ1) is 17.0. The largest absolute Gasteiger partial charge is 0.471 e. The van der Waals surface area contributed by atoms with Crippen LogP contribution in [0.2, 0.25) is 5.02 Å². The summed E-state index contributed by atoms with van der Waals surface area (Å²) in [5, 5.41) is 5.37. The van der Waals surface area contributed by atoms with E-state index in [1.807, 2.05) is 0 Å². The number of ether oxygens (including phenoxy) is 1. The summed E-state index contributed by atoms with van der Waals surface area (Å²) in [6.07, 6.45) is -7.18. The molecule has 14 heteroatoms. The van der Waals surface area contributed by atoms with Crippen molar-refractivity contribution < 1.29 is 35.9 Å². The minimum absolute atomic E-state index is 0.00680. The number of anilines is 2. The monoisotopic (exact) mass is 535 g/mol. The van der Waals surface area contributed by atoms with E-state index in [0.29, 0.717) is 0 Å². The number of nitrogens with one attached hydrogen (secondary N) is 3. The molecule has 7 nitrogen and oxygen atoms in total. The van der Waals surface area contributed by atoms with Crippen molar-refractivity contribution in [2.45, 2.75) is 44.3 Å². The molecule has 1 aliphatic carbocycles. The highest BCUT2D eigenvalue weighted by atomic mass is 35.5. The van der Waals surface area contributed by atoms with Gasteiger partial charge < -0.3 is 20.4 Å². The van der Waals surface area contributed by atoms with Crippen LogP contribution in [0, 0.1) is 11.7 Å². The van der Waals surface area contributed by atoms with Crippen molar-refractivity contribution in [1.29, 1.82) is 0 Å². The lowest BCUT2D eigenvalue weighted by Gasteiger charge is -2.30. The molecule has 3 aromatic rings. The normalized spacial score (nSPS) is 18.4. The zero-order valence-electron chi connectivity index (χ0n) is 18.4. The standard InChI is InChI=1S/C22H20ClF6N5O2/c23-13-2-1-3-14(24)17(13)32-21-31-15-8-12(20(33-18(15)34-21)36-9-16(25)26)19(35)30-11-6-4-10(5-7-11)22(27,28)29/h1-3,8,10-11,16H,4-7,9H2,(H,30,35)(H2,31,32,33,34). The molecule has 1 amide bonds. The minimum atomic E-state index is -4.29. The SMILES string of the molecule is O=C(NC1CCC(C(F)(F)F)CC1)c1cc2[nH]c(Nc3c(F)cccc3Cl)nc2nc1OCC(F)F. The van der Waals surface area contributed by atoms with E-state index < -0.39 is 48.8 Å². The van der Waals surface area contributed by atoms with Crippen LogP contribution in [0.5, 0.6) is 5.88 Å². The van der Waals surface area contributed by atoms with E-state index in [0.717, 1.165) is 0 Å². The summed E-state index contributed by atoms with van der Waals surface area (Å²) >= 11 is 6.00. The second-order valence-corrected chi connectivity index (χ2v) is 8.69. The van der Waals surface area contributed by atoms with Gasteiger partial charge in [0.05, 0.1) is 22.1 Å². The fourth-order valence-electron chi connectivity index (χ4n) is 3.96. The van der Waals surface area contributed by atoms with Gasteiger partial charge in [0.2, 0.25) is 11.8 Å². The van der Waals surface area contributed by atoms with Gasteiger partial charge in [0, 0.05) is 6.04 Å². The summed E-state index contributed by atoms with van der Waals surface area (Å²) in [7, 11) is 0. The van der Waals surface area contributed by atoms with Crippen LogP contribution < -0.4 is 15.4 Å². The number of aromatic amines is 1. The van der Waals surface area contributed by atoms with Crippen molar-refractivity contribution in [2.24, 2.45) is 5.92 Å². The molecule has 0 atom stereocenters. The zero-order chi connectivity index (χ0) is 26.0. The van der Waals surface area contributed by atoms with Crippen LogP contribution in [0.3, 0.4) is 0 Å². The van der Waals surface area contributed by atoms with Crippen molar-refractivity contribution in [3.8, 4) is 5.88 Å². The van der Waals surface area contributed by atoms with Crippen LogP contribution in [0.15, 0.2) is 24.3 Å². The summed E-state index contributed by atoms with van der Waals surface area (Å²) in [6.45, 7) is -1.05. The molecular weight excluding hydrogens is 516 g/mol. The molecule has 0 aliphatic heterocycles. The number of imidazole rings is 1. The van der Waals surface area contributed by atoms with Gasteiger partial charge in [-0.25, -0.2) is 13.2 Å². The van der Waals surface area contributed by atoms with Crippen LogP contribution in [-0.4, -0.2) is 46.1 Å². The van der Waals surface area contributed by atoms with E-state index in [1.165, 1.54) is 24.3 Å². The van der Waals surface area contributed by atoms with Gasteiger partial charge >= 0.3 is 6.18 Å². The molecule has 0 saturated heterocycles. The predicted molar refractivity (Wildman–Crippen MR) is 119 cm³/mol. The smallest absolute Gasteiger partial charge is 0.391 e. The third-order valence-electron chi connectivity index (χ3n) is 5.76. The highest BCUT2D eigenvalue weighted by Gasteiger charge is 2.41. The molecular formula is C22H20ClF6N5O2. The fraction of sp³-hybridized carbons (Fsp3) is 0.409. The molecule has 1 saturated carbocycles. The number of carbonyl (C=O) groups excluding carboxylic acids is 1. The molecule has 2 aromatic heterocycles. The molecule has 4 rings (SSSR count). The summed E-state index contributed by atoms with van der Waals surface area (Å²) in [5.74, 6) is -3.24. The highest BCUT2D eigenvalue weighted by Crippen LogP contribution is 2.37. The highest BCUT2D eigenvalue weighted by molar-refractivity contribution is 6.33. The Morgan fingerprint density at radius 1 is 1.19 bits per heavy atom. The summed E-state index contributed by atoms with van der Waals surface area (Å²) in [4.78, 5) is 23.9. The molecule has 0 unspecified atom stereocenters. The molecule has 3 N–H and O–H groups in total. The van der Waals surface area contributed by atoms with Gasteiger partial charge in [-0.3, -0.25) is 4.79 Å². The first-order valence-electron chi connectivity index (χ1n) is 10.9. The van der Waals surface area contributed by atoms with E-state index in [2.05, 4.69) is 25.6 Å². The summed E-state index contributed by atoms with van der Waals surface area (Å²) < 4.78 is 83.4. The van der Waals surface area contributed by atoms with Crippen LogP contribution >= 0.6 is 11.6 Å². The van der Waals surface area contributed by atoms with Gasteiger partial charge in [0.25, 0.3) is 12.3 Å². The Kier molecular flexibility index (Phi) is 7.48. The fourth-order valence-corrected chi connectivity index (χ4v) is 4.17. The summed E-state index contributed by atoms with van der Waals surface area (Å²) in [6, 6.07) is 4.78. The Morgan fingerprint density at radius 3 is 2.56 bits per heavy atom.